The quantitative estimate of drug-likeness (QED) is 0.793. The van der Waals surface area contributed by atoms with E-state index >= 15 is 0 Å². The number of esters is 1. The highest BCUT2D eigenvalue weighted by Crippen LogP contribution is 2.38. The second-order valence-corrected chi connectivity index (χ2v) is 6.89. The molecule has 0 spiro atoms. The van der Waals surface area contributed by atoms with Gasteiger partial charge in [-0.2, -0.15) is 5.26 Å². The monoisotopic (exact) mass is 393 g/mol. The molecule has 4 atom stereocenters. The van der Waals surface area contributed by atoms with Crippen LogP contribution < -0.4 is 0 Å². The van der Waals surface area contributed by atoms with E-state index in [1.54, 1.807) is 44.2 Å². The second-order valence-electron chi connectivity index (χ2n) is 6.89. The Labute approximate surface area is 169 Å². The average molecular weight is 393 g/mol. The number of nitriles is 1. The molecule has 2 aromatic carbocycles. The Morgan fingerprint density at radius 3 is 2.24 bits per heavy atom. The Hall–Kier alpha value is -3.46. The molecule has 1 aliphatic carbocycles. The minimum atomic E-state index is -0.944. The van der Waals surface area contributed by atoms with Gasteiger partial charge in [0.05, 0.1) is 30.9 Å². The summed E-state index contributed by atoms with van der Waals surface area (Å²) in [5.74, 6) is -3.24. The molecule has 0 aliphatic heterocycles. The lowest BCUT2D eigenvalue weighted by Gasteiger charge is -2.13. The minimum Gasteiger partial charge on any atom is -0.481 e. The Bertz CT molecular complexity index is 932. The molecule has 6 heteroatoms. The summed E-state index contributed by atoms with van der Waals surface area (Å²) in [7, 11) is 1.35. The molecule has 0 saturated carbocycles. The second kappa shape index (κ2) is 9.65. The van der Waals surface area contributed by atoms with E-state index in [9.17, 15) is 14.4 Å². The van der Waals surface area contributed by atoms with Gasteiger partial charge in [0.1, 0.15) is 0 Å². The van der Waals surface area contributed by atoms with E-state index in [4.69, 9.17) is 15.1 Å². The lowest BCUT2D eigenvalue weighted by Crippen LogP contribution is -2.19. The third kappa shape index (κ3) is 4.69. The summed E-state index contributed by atoms with van der Waals surface area (Å²) < 4.78 is 4.72. The summed E-state index contributed by atoms with van der Waals surface area (Å²) in [6, 6.07) is 18.2. The van der Waals surface area contributed by atoms with E-state index in [1.807, 2.05) is 30.3 Å². The SMILES string of the molecule is CC(C(=O)O)C(C#N)c1ccccc1.COC(=O)C1c2ccccc2C(=O)C1C. The molecule has 150 valence electrons. The fourth-order valence-electron chi connectivity index (χ4n) is 3.39. The van der Waals surface area contributed by atoms with Gasteiger partial charge in [-0.3, -0.25) is 14.4 Å². The molecule has 0 saturated heterocycles. The first-order chi connectivity index (χ1) is 13.8. The van der Waals surface area contributed by atoms with Crippen LogP contribution in [0, 0.1) is 23.2 Å². The third-order valence-corrected chi connectivity index (χ3v) is 5.12. The molecule has 0 fully saturated rings. The largest absolute Gasteiger partial charge is 0.481 e. The number of carbonyl (C=O) groups excluding carboxylic acids is 2. The number of fused-ring (bicyclic) bond motifs is 1. The number of rotatable bonds is 4. The smallest absolute Gasteiger partial charge is 0.313 e. The third-order valence-electron chi connectivity index (χ3n) is 5.12. The Morgan fingerprint density at radius 1 is 1.10 bits per heavy atom. The fraction of sp³-hybridized carbons (Fsp3) is 0.304. The van der Waals surface area contributed by atoms with Gasteiger partial charge in [0, 0.05) is 11.5 Å². The highest BCUT2D eigenvalue weighted by atomic mass is 16.5. The summed E-state index contributed by atoms with van der Waals surface area (Å²) in [5.41, 5.74) is 2.20. The van der Waals surface area contributed by atoms with Crippen molar-refractivity contribution in [2.45, 2.75) is 25.7 Å². The van der Waals surface area contributed by atoms with E-state index in [0.29, 0.717) is 5.56 Å². The predicted octanol–water partition coefficient (Wildman–Crippen LogP) is 3.79. The lowest BCUT2D eigenvalue weighted by atomic mass is 9.89. The molecule has 0 bridgehead atoms. The van der Waals surface area contributed by atoms with Crippen LogP contribution in [0.15, 0.2) is 54.6 Å². The normalized spacial score (nSPS) is 19.0. The van der Waals surface area contributed by atoms with Gasteiger partial charge in [0.2, 0.25) is 0 Å². The molecule has 0 heterocycles. The van der Waals surface area contributed by atoms with Gasteiger partial charge in [-0.05, 0) is 11.1 Å². The van der Waals surface area contributed by atoms with Gasteiger partial charge < -0.3 is 9.84 Å². The van der Waals surface area contributed by atoms with Crippen molar-refractivity contribution in [2.75, 3.05) is 7.11 Å². The molecule has 1 N–H and O–H groups in total. The maximum absolute atomic E-state index is 11.8. The highest BCUT2D eigenvalue weighted by Gasteiger charge is 2.41. The van der Waals surface area contributed by atoms with Crippen molar-refractivity contribution in [1.82, 2.24) is 0 Å². The van der Waals surface area contributed by atoms with Gasteiger partial charge in [-0.15, -0.1) is 0 Å². The molecule has 0 aromatic heterocycles. The first-order valence-corrected chi connectivity index (χ1v) is 9.21. The molecule has 4 unspecified atom stereocenters. The van der Waals surface area contributed by atoms with E-state index in [2.05, 4.69) is 0 Å². The average Bonchev–Trinajstić information content (AvgIpc) is 3.00. The summed E-state index contributed by atoms with van der Waals surface area (Å²) in [6.45, 7) is 3.31. The topological polar surface area (TPSA) is 104 Å². The van der Waals surface area contributed by atoms with Crippen LogP contribution in [-0.4, -0.2) is 29.9 Å². The zero-order valence-corrected chi connectivity index (χ0v) is 16.5. The van der Waals surface area contributed by atoms with Crippen LogP contribution in [0.3, 0.4) is 0 Å². The molecule has 0 radical (unpaired) electrons. The van der Waals surface area contributed by atoms with Crippen molar-refractivity contribution in [1.29, 1.82) is 5.26 Å². The van der Waals surface area contributed by atoms with E-state index in [1.165, 1.54) is 7.11 Å². The van der Waals surface area contributed by atoms with Crippen molar-refractivity contribution >= 4 is 17.7 Å². The van der Waals surface area contributed by atoms with Crippen LogP contribution in [0.2, 0.25) is 0 Å². The number of carbonyl (C=O) groups is 3. The zero-order valence-electron chi connectivity index (χ0n) is 16.5. The number of hydrogen-bond donors (Lipinski definition) is 1. The Kier molecular flexibility index (Phi) is 7.27. The first kappa shape index (κ1) is 21.8. The number of benzene rings is 2. The number of hydrogen-bond acceptors (Lipinski definition) is 5. The van der Waals surface area contributed by atoms with Crippen LogP contribution in [0.5, 0.6) is 0 Å². The summed E-state index contributed by atoms with van der Waals surface area (Å²) in [4.78, 5) is 34.1. The number of Topliss-reactive ketones (excluding diaryl/α,β-unsaturated/α-hetero) is 1. The molecular formula is C23H23NO5. The maximum Gasteiger partial charge on any atom is 0.313 e. The van der Waals surface area contributed by atoms with Crippen molar-refractivity contribution in [2.24, 2.45) is 11.8 Å². The first-order valence-electron chi connectivity index (χ1n) is 9.21. The van der Waals surface area contributed by atoms with E-state index in [-0.39, 0.29) is 17.7 Å². The summed E-state index contributed by atoms with van der Waals surface area (Å²) in [6.07, 6.45) is 0. The van der Waals surface area contributed by atoms with Gasteiger partial charge in [0.25, 0.3) is 0 Å². The number of nitrogens with zero attached hydrogens (tertiary/aromatic N) is 1. The summed E-state index contributed by atoms with van der Waals surface area (Å²) in [5, 5.41) is 17.7. The van der Waals surface area contributed by atoms with Crippen LogP contribution in [-0.2, 0) is 14.3 Å². The molecule has 29 heavy (non-hydrogen) atoms. The van der Waals surface area contributed by atoms with Crippen molar-refractivity contribution in [3.05, 3.63) is 71.3 Å². The van der Waals surface area contributed by atoms with Crippen molar-refractivity contribution in [3.8, 4) is 6.07 Å². The van der Waals surface area contributed by atoms with Gasteiger partial charge in [-0.1, -0.05) is 68.4 Å². The maximum atomic E-state index is 11.8. The van der Waals surface area contributed by atoms with E-state index < -0.39 is 23.7 Å². The molecule has 0 amide bonds. The molecule has 3 rings (SSSR count). The van der Waals surface area contributed by atoms with Crippen molar-refractivity contribution < 1.29 is 24.2 Å². The van der Waals surface area contributed by atoms with Gasteiger partial charge in [-0.25, -0.2) is 0 Å². The van der Waals surface area contributed by atoms with Crippen LogP contribution in [0.25, 0.3) is 0 Å². The molecule has 6 nitrogen and oxygen atoms in total. The van der Waals surface area contributed by atoms with Crippen LogP contribution >= 0.6 is 0 Å². The van der Waals surface area contributed by atoms with Crippen molar-refractivity contribution in [3.63, 3.8) is 0 Å². The summed E-state index contributed by atoms with van der Waals surface area (Å²) >= 11 is 0. The minimum absolute atomic E-state index is 0.0287. The standard InChI is InChI=1S/C12H12O3.C11H11NO2/c1-7-10(12(14)15-2)8-5-3-4-6-9(8)11(7)13;1-8(11(13)14)10(7-12)9-5-3-2-4-6-9/h3-7,10H,1-2H3;2-6,8,10H,1H3,(H,13,14). The number of ether oxygens (including phenoxy) is 1. The number of methoxy groups -OCH3 is 1. The van der Waals surface area contributed by atoms with Crippen LogP contribution in [0.4, 0.5) is 0 Å². The van der Waals surface area contributed by atoms with E-state index in [0.717, 1.165) is 11.1 Å². The Balaban J connectivity index is 0.000000208. The molecule has 1 aliphatic rings. The van der Waals surface area contributed by atoms with Gasteiger partial charge in [0.15, 0.2) is 5.78 Å². The number of carboxylic acid groups (broad SMARTS) is 1. The number of aliphatic carboxylic acids is 1. The molecule has 2 aromatic rings. The fourth-order valence-corrected chi connectivity index (χ4v) is 3.39. The van der Waals surface area contributed by atoms with Gasteiger partial charge >= 0.3 is 11.9 Å². The Morgan fingerprint density at radius 2 is 1.69 bits per heavy atom. The molecular weight excluding hydrogens is 370 g/mol. The zero-order chi connectivity index (χ0) is 21.6. The predicted molar refractivity (Wildman–Crippen MR) is 106 cm³/mol. The highest BCUT2D eigenvalue weighted by molar-refractivity contribution is 6.07. The lowest BCUT2D eigenvalue weighted by molar-refractivity contribution is -0.143. The number of ketones is 1. The number of carboxylic acids is 1. The van der Waals surface area contributed by atoms with Crippen LogP contribution in [0.1, 0.15) is 47.2 Å².